The first-order valence-electron chi connectivity index (χ1n) is 5.05. The van der Waals surface area contributed by atoms with Gasteiger partial charge in [0.15, 0.2) is 0 Å². The largest absolute Gasteiger partial charge is 0.495 e. The predicted molar refractivity (Wildman–Crippen MR) is 62.9 cm³/mol. The lowest BCUT2D eigenvalue weighted by atomic mass is 10.2. The lowest BCUT2D eigenvalue weighted by Crippen LogP contribution is -2.35. The van der Waals surface area contributed by atoms with Crippen LogP contribution in [-0.2, 0) is 9.53 Å². The van der Waals surface area contributed by atoms with Gasteiger partial charge in [0.25, 0.3) is 5.91 Å². The summed E-state index contributed by atoms with van der Waals surface area (Å²) in [5.41, 5.74) is 0.735. The SMILES string of the molecule is COc1ccccc1N(C)C(=O)C(C)OC. The molecule has 0 aliphatic carbocycles. The lowest BCUT2D eigenvalue weighted by molar-refractivity contribution is -0.127. The maximum atomic E-state index is 11.9. The molecule has 1 atom stereocenters. The number of ether oxygens (including phenoxy) is 2. The highest BCUT2D eigenvalue weighted by Gasteiger charge is 2.20. The van der Waals surface area contributed by atoms with Crippen LogP contribution in [0.25, 0.3) is 0 Å². The highest BCUT2D eigenvalue weighted by Crippen LogP contribution is 2.27. The number of hydrogen-bond donors (Lipinski definition) is 0. The first-order valence-corrected chi connectivity index (χ1v) is 5.05. The number of methoxy groups -OCH3 is 2. The summed E-state index contributed by atoms with van der Waals surface area (Å²) >= 11 is 0. The second kappa shape index (κ2) is 5.51. The van der Waals surface area contributed by atoms with Gasteiger partial charge in [0.1, 0.15) is 11.9 Å². The van der Waals surface area contributed by atoms with E-state index >= 15 is 0 Å². The molecule has 0 bridgehead atoms. The maximum Gasteiger partial charge on any atom is 0.255 e. The van der Waals surface area contributed by atoms with Crippen molar-refractivity contribution < 1.29 is 14.3 Å². The smallest absolute Gasteiger partial charge is 0.255 e. The van der Waals surface area contributed by atoms with E-state index in [1.54, 1.807) is 21.1 Å². The molecule has 0 radical (unpaired) electrons. The molecule has 1 rings (SSSR count). The third kappa shape index (κ3) is 2.52. The van der Waals surface area contributed by atoms with Crippen molar-refractivity contribution in [2.45, 2.75) is 13.0 Å². The predicted octanol–water partition coefficient (Wildman–Crippen LogP) is 1.69. The van der Waals surface area contributed by atoms with Crippen molar-refractivity contribution in [3.05, 3.63) is 24.3 Å². The summed E-state index contributed by atoms with van der Waals surface area (Å²) in [4.78, 5) is 13.4. The number of carbonyl (C=O) groups is 1. The average molecular weight is 223 g/mol. The lowest BCUT2D eigenvalue weighted by Gasteiger charge is -2.22. The highest BCUT2D eigenvalue weighted by molar-refractivity contribution is 5.97. The summed E-state index contributed by atoms with van der Waals surface area (Å²) in [6, 6.07) is 7.37. The number of nitrogens with zero attached hydrogens (tertiary/aromatic N) is 1. The van der Waals surface area contributed by atoms with E-state index in [-0.39, 0.29) is 5.91 Å². The number of rotatable bonds is 4. The third-order valence-corrected chi connectivity index (χ3v) is 2.48. The normalized spacial score (nSPS) is 12.0. The molecule has 1 unspecified atom stereocenters. The number of carbonyl (C=O) groups excluding carboxylic acids is 1. The summed E-state index contributed by atoms with van der Waals surface area (Å²) in [7, 11) is 4.80. The van der Waals surface area contributed by atoms with Gasteiger partial charge in [0.2, 0.25) is 0 Å². The summed E-state index contributed by atoms with van der Waals surface area (Å²) in [5.74, 6) is 0.564. The zero-order valence-corrected chi connectivity index (χ0v) is 10.1. The van der Waals surface area contributed by atoms with E-state index in [2.05, 4.69) is 0 Å². The van der Waals surface area contributed by atoms with Crippen molar-refractivity contribution >= 4 is 11.6 Å². The van der Waals surface area contributed by atoms with Crippen LogP contribution in [0.4, 0.5) is 5.69 Å². The first kappa shape index (κ1) is 12.5. The van der Waals surface area contributed by atoms with E-state index in [1.165, 1.54) is 12.0 Å². The van der Waals surface area contributed by atoms with Crippen LogP contribution in [-0.4, -0.2) is 33.3 Å². The molecule has 0 heterocycles. The van der Waals surface area contributed by atoms with Crippen LogP contribution >= 0.6 is 0 Å². The molecule has 4 nitrogen and oxygen atoms in total. The molecule has 0 spiro atoms. The second-order valence-electron chi connectivity index (χ2n) is 3.45. The van der Waals surface area contributed by atoms with Gasteiger partial charge in [-0.1, -0.05) is 12.1 Å². The Morgan fingerprint density at radius 1 is 1.31 bits per heavy atom. The van der Waals surface area contributed by atoms with Crippen molar-refractivity contribution in [3.63, 3.8) is 0 Å². The van der Waals surface area contributed by atoms with Crippen LogP contribution < -0.4 is 9.64 Å². The van der Waals surface area contributed by atoms with Crippen molar-refractivity contribution in [3.8, 4) is 5.75 Å². The molecule has 4 heteroatoms. The van der Waals surface area contributed by atoms with Crippen LogP contribution in [0, 0.1) is 0 Å². The van der Waals surface area contributed by atoms with Gasteiger partial charge < -0.3 is 14.4 Å². The van der Waals surface area contributed by atoms with Crippen LogP contribution in [0.2, 0.25) is 0 Å². The van der Waals surface area contributed by atoms with Crippen LogP contribution in [0.3, 0.4) is 0 Å². The fraction of sp³-hybridized carbons (Fsp3) is 0.417. The Hall–Kier alpha value is -1.55. The fourth-order valence-electron chi connectivity index (χ4n) is 1.40. The van der Waals surface area contributed by atoms with Crippen molar-refractivity contribution in [2.75, 3.05) is 26.2 Å². The Balaban J connectivity index is 2.95. The van der Waals surface area contributed by atoms with Crippen LogP contribution in [0.1, 0.15) is 6.92 Å². The highest BCUT2D eigenvalue weighted by atomic mass is 16.5. The van der Waals surface area contributed by atoms with E-state index in [0.717, 1.165) is 5.69 Å². The van der Waals surface area contributed by atoms with E-state index < -0.39 is 6.10 Å². The van der Waals surface area contributed by atoms with Gasteiger partial charge >= 0.3 is 0 Å². The molecule has 1 amide bonds. The molecule has 0 fully saturated rings. The number of likely N-dealkylation sites (N-methyl/N-ethyl adjacent to an activating group) is 1. The molecule has 1 aromatic rings. The summed E-state index contributed by atoms with van der Waals surface area (Å²) < 4.78 is 10.2. The fourth-order valence-corrected chi connectivity index (χ4v) is 1.40. The summed E-state index contributed by atoms with van der Waals surface area (Å²) in [6.07, 6.45) is -0.463. The zero-order chi connectivity index (χ0) is 12.1. The molecule has 0 aliphatic heterocycles. The van der Waals surface area contributed by atoms with Crippen molar-refractivity contribution in [1.29, 1.82) is 0 Å². The zero-order valence-electron chi connectivity index (χ0n) is 10.1. The Morgan fingerprint density at radius 3 is 2.50 bits per heavy atom. The molecule has 0 saturated heterocycles. The van der Waals surface area contributed by atoms with Crippen LogP contribution in [0.15, 0.2) is 24.3 Å². The van der Waals surface area contributed by atoms with E-state index in [0.29, 0.717) is 5.75 Å². The van der Waals surface area contributed by atoms with E-state index in [4.69, 9.17) is 9.47 Å². The van der Waals surface area contributed by atoms with E-state index in [1.807, 2.05) is 24.3 Å². The second-order valence-corrected chi connectivity index (χ2v) is 3.45. The van der Waals surface area contributed by atoms with Gasteiger partial charge in [-0.2, -0.15) is 0 Å². The standard InChI is InChI=1S/C12H17NO3/c1-9(15-3)12(14)13(2)10-7-5-6-8-11(10)16-4/h5-9H,1-4H3. The van der Waals surface area contributed by atoms with Crippen molar-refractivity contribution in [2.24, 2.45) is 0 Å². The minimum Gasteiger partial charge on any atom is -0.495 e. The first-order chi connectivity index (χ1) is 7.61. The Morgan fingerprint density at radius 2 is 1.94 bits per heavy atom. The number of benzene rings is 1. The molecule has 1 aromatic carbocycles. The molecule has 88 valence electrons. The summed E-state index contributed by atoms with van der Waals surface area (Å²) in [6.45, 7) is 1.72. The van der Waals surface area contributed by atoms with Gasteiger partial charge in [-0.15, -0.1) is 0 Å². The number of amides is 1. The van der Waals surface area contributed by atoms with E-state index in [9.17, 15) is 4.79 Å². The molecular weight excluding hydrogens is 206 g/mol. The minimum atomic E-state index is -0.463. The maximum absolute atomic E-state index is 11.9. The quantitative estimate of drug-likeness (QED) is 0.779. The number of anilines is 1. The third-order valence-electron chi connectivity index (χ3n) is 2.48. The molecule has 16 heavy (non-hydrogen) atoms. The van der Waals surface area contributed by atoms with Gasteiger partial charge in [-0.05, 0) is 19.1 Å². The molecule has 0 aliphatic rings. The molecular formula is C12H17NO3. The minimum absolute atomic E-state index is 0.105. The summed E-state index contributed by atoms with van der Waals surface area (Å²) in [5, 5.41) is 0. The van der Waals surface area contributed by atoms with Gasteiger partial charge in [-0.3, -0.25) is 4.79 Å². The Labute approximate surface area is 95.8 Å². The number of hydrogen-bond acceptors (Lipinski definition) is 3. The molecule has 0 saturated carbocycles. The Bertz CT molecular complexity index is 365. The van der Waals surface area contributed by atoms with Gasteiger partial charge in [0.05, 0.1) is 12.8 Å². The van der Waals surface area contributed by atoms with Crippen molar-refractivity contribution in [1.82, 2.24) is 0 Å². The number of para-hydroxylation sites is 2. The van der Waals surface area contributed by atoms with Crippen LogP contribution in [0.5, 0.6) is 5.75 Å². The van der Waals surface area contributed by atoms with Gasteiger partial charge in [-0.25, -0.2) is 0 Å². The molecule has 0 aromatic heterocycles. The average Bonchev–Trinajstić information content (AvgIpc) is 2.35. The topological polar surface area (TPSA) is 38.8 Å². The van der Waals surface area contributed by atoms with Gasteiger partial charge in [0, 0.05) is 14.2 Å². The Kier molecular flexibility index (Phi) is 4.31. The molecule has 0 N–H and O–H groups in total. The monoisotopic (exact) mass is 223 g/mol.